The van der Waals surface area contributed by atoms with Gasteiger partial charge in [-0.05, 0) is 11.8 Å². The van der Waals surface area contributed by atoms with Gasteiger partial charge in [0.1, 0.15) is 6.04 Å². The summed E-state index contributed by atoms with van der Waals surface area (Å²) in [6.45, 7) is 1.97. The minimum Gasteiger partial charge on any atom is -0.480 e. The summed E-state index contributed by atoms with van der Waals surface area (Å²) in [5, 5.41) is 8.76. The Morgan fingerprint density at radius 2 is 1.92 bits per heavy atom. The molecule has 76 valence electrons. The molecule has 0 aliphatic heterocycles. The predicted octanol–water partition coefficient (Wildman–Crippen LogP) is 1.61. The Bertz CT molecular complexity index is 176. The van der Waals surface area contributed by atoms with Gasteiger partial charge in [-0.15, -0.1) is 0 Å². The summed E-state index contributed by atoms with van der Waals surface area (Å²) < 4.78 is 0. The van der Waals surface area contributed by atoms with E-state index in [9.17, 15) is 4.79 Å². The highest BCUT2D eigenvalue weighted by Gasteiger charge is 2.28. The second-order valence-electron chi connectivity index (χ2n) is 4.12. The molecule has 3 N–H and O–H groups in total. The highest BCUT2D eigenvalue weighted by molar-refractivity contribution is 5.73. The lowest BCUT2D eigenvalue weighted by Crippen LogP contribution is -2.40. The van der Waals surface area contributed by atoms with Crippen molar-refractivity contribution in [3.63, 3.8) is 0 Å². The third kappa shape index (κ3) is 2.69. The molecular formula is C10H19NO2. The van der Waals surface area contributed by atoms with E-state index in [1.54, 1.807) is 0 Å². The summed E-state index contributed by atoms with van der Waals surface area (Å²) >= 11 is 0. The van der Waals surface area contributed by atoms with E-state index < -0.39 is 12.0 Å². The number of aliphatic carboxylic acids is 1. The van der Waals surface area contributed by atoms with Gasteiger partial charge in [-0.2, -0.15) is 0 Å². The van der Waals surface area contributed by atoms with E-state index >= 15 is 0 Å². The summed E-state index contributed by atoms with van der Waals surface area (Å²) in [6, 6.07) is -0.678. The van der Waals surface area contributed by atoms with Crippen LogP contribution in [0.2, 0.25) is 0 Å². The monoisotopic (exact) mass is 185 g/mol. The first kappa shape index (κ1) is 10.5. The molecule has 0 bridgehead atoms. The van der Waals surface area contributed by atoms with E-state index in [1.165, 1.54) is 19.3 Å². The quantitative estimate of drug-likeness (QED) is 0.702. The smallest absolute Gasteiger partial charge is 0.320 e. The van der Waals surface area contributed by atoms with Crippen LogP contribution in [0.1, 0.15) is 39.0 Å². The van der Waals surface area contributed by atoms with E-state index in [0.29, 0.717) is 5.92 Å². The van der Waals surface area contributed by atoms with Gasteiger partial charge in [0.05, 0.1) is 0 Å². The van der Waals surface area contributed by atoms with Gasteiger partial charge in [0.15, 0.2) is 0 Å². The highest BCUT2D eigenvalue weighted by atomic mass is 16.4. The number of nitrogens with two attached hydrogens (primary N) is 1. The first-order valence-electron chi connectivity index (χ1n) is 5.11. The summed E-state index contributed by atoms with van der Waals surface area (Å²) in [6.07, 6.45) is 6.08. The van der Waals surface area contributed by atoms with Crippen LogP contribution in [0.25, 0.3) is 0 Å². The Labute approximate surface area is 79.3 Å². The first-order valence-corrected chi connectivity index (χ1v) is 5.11. The predicted molar refractivity (Wildman–Crippen MR) is 51.4 cm³/mol. The van der Waals surface area contributed by atoms with Crippen molar-refractivity contribution < 1.29 is 9.90 Å². The molecule has 13 heavy (non-hydrogen) atoms. The minimum atomic E-state index is -0.863. The van der Waals surface area contributed by atoms with Crippen molar-refractivity contribution in [1.29, 1.82) is 0 Å². The fourth-order valence-corrected chi connectivity index (χ4v) is 2.18. The van der Waals surface area contributed by atoms with Crippen molar-refractivity contribution in [2.24, 2.45) is 17.6 Å². The maximum absolute atomic E-state index is 10.7. The van der Waals surface area contributed by atoms with Crippen molar-refractivity contribution in [2.75, 3.05) is 0 Å². The van der Waals surface area contributed by atoms with E-state index in [2.05, 4.69) is 0 Å². The average molecular weight is 185 g/mol. The molecule has 2 atom stereocenters. The fourth-order valence-electron chi connectivity index (χ4n) is 2.18. The molecule has 1 aliphatic rings. The zero-order valence-corrected chi connectivity index (χ0v) is 8.20. The normalized spacial score (nSPS) is 23.8. The maximum atomic E-state index is 10.7. The van der Waals surface area contributed by atoms with Gasteiger partial charge in [0.2, 0.25) is 0 Å². The molecule has 0 radical (unpaired) electrons. The van der Waals surface area contributed by atoms with Gasteiger partial charge in [-0.3, -0.25) is 4.79 Å². The number of carboxylic acid groups (broad SMARTS) is 1. The van der Waals surface area contributed by atoms with Crippen LogP contribution in [-0.2, 0) is 4.79 Å². The van der Waals surface area contributed by atoms with Crippen molar-refractivity contribution >= 4 is 5.97 Å². The van der Waals surface area contributed by atoms with Crippen LogP contribution in [0.15, 0.2) is 0 Å². The lowest BCUT2D eigenvalue weighted by atomic mass is 9.78. The SMILES string of the molecule is C[C@H](C1CCCCC1)[C@H](N)C(=O)O. The molecule has 0 aromatic carbocycles. The molecule has 1 saturated carbocycles. The summed E-state index contributed by atoms with van der Waals surface area (Å²) in [5.74, 6) is -0.212. The molecular weight excluding hydrogens is 166 g/mol. The summed E-state index contributed by atoms with van der Waals surface area (Å²) in [7, 11) is 0. The Balaban J connectivity index is 2.44. The van der Waals surface area contributed by atoms with Crippen molar-refractivity contribution in [3.8, 4) is 0 Å². The minimum absolute atomic E-state index is 0.123. The third-order valence-corrected chi connectivity index (χ3v) is 3.25. The lowest BCUT2D eigenvalue weighted by Gasteiger charge is -2.29. The molecule has 0 unspecified atom stereocenters. The van der Waals surface area contributed by atoms with Crippen LogP contribution in [0.3, 0.4) is 0 Å². The van der Waals surface area contributed by atoms with E-state index in [4.69, 9.17) is 10.8 Å². The van der Waals surface area contributed by atoms with Gasteiger partial charge in [0.25, 0.3) is 0 Å². The Morgan fingerprint density at radius 1 is 1.38 bits per heavy atom. The third-order valence-electron chi connectivity index (χ3n) is 3.25. The molecule has 1 aliphatic carbocycles. The zero-order chi connectivity index (χ0) is 9.84. The molecule has 0 heterocycles. The number of rotatable bonds is 3. The standard InChI is InChI=1S/C10H19NO2/c1-7(9(11)10(12)13)8-5-3-2-4-6-8/h7-9H,2-6,11H2,1H3,(H,12,13)/t7-,9+/m1/s1. The molecule has 3 heteroatoms. The molecule has 0 aromatic heterocycles. The Hall–Kier alpha value is -0.570. The topological polar surface area (TPSA) is 63.3 Å². The molecule has 1 rings (SSSR count). The second-order valence-corrected chi connectivity index (χ2v) is 4.12. The highest BCUT2D eigenvalue weighted by Crippen LogP contribution is 2.30. The summed E-state index contributed by atoms with van der Waals surface area (Å²) in [5.41, 5.74) is 5.59. The van der Waals surface area contributed by atoms with Gasteiger partial charge >= 0.3 is 5.97 Å². The maximum Gasteiger partial charge on any atom is 0.320 e. The summed E-state index contributed by atoms with van der Waals surface area (Å²) in [4.78, 5) is 10.7. The van der Waals surface area contributed by atoms with Gasteiger partial charge in [0, 0.05) is 0 Å². The largest absolute Gasteiger partial charge is 0.480 e. The lowest BCUT2D eigenvalue weighted by molar-refractivity contribution is -0.140. The van der Waals surface area contributed by atoms with Crippen molar-refractivity contribution in [3.05, 3.63) is 0 Å². The van der Waals surface area contributed by atoms with Crippen molar-refractivity contribution in [1.82, 2.24) is 0 Å². The van der Waals surface area contributed by atoms with Gasteiger partial charge < -0.3 is 10.8 Å². The van der Waals surface area contributed by atoms with E-state index in [1.807, 2.05) is 6.92 Å². The molecule has 0 saturated heterocycles. The molecule has 0 amide bonds. The molecule has 1 fully saturated rings. The van der Waals surface area contributed by atoms with E-state index in [-0.39, 0.29) is 5.92 Å². The average Bonchev–Trinajstić information content (AvgIpc) is 2.17. The number of hydrogen-bond acceptors (Lipinski definition) is 2. The van der Waals surface area contributed by atoms with Crippen molar-refractivity contribution in [2.45, 2.75) is 45.1 Å². The van der Waals surface area contributed by atoms with Gasteiger partial charge in [-0.25, -0.2) is 0 Å². The second kappa shape index (κ2) is 4.61. The molecule has 0 spiro atoms. The van der Waals surface area contributed by atoms with Crippen LogP contribution in [-0.4, -0.2) is 17.1 Å². The zero-order valence-electron chi connectivity index (χ0n) is 8.20. The Kier molecular flexibility index (Phi) is 3.72. The molecule has 3 nitrogen and oxygen atoms in total. The van der Waals surface area contributed by atoms with Gasteiger partial charge in [-0.1, -0.05) is 39.0 Å². The van der Waals surface area contributed by atoms with Crippen LogP contribution in [0.5, 0.6) is 0 Å². The number of carbonyl (C=O) groups is 1. The number of hydrogen-bond donors (Lipinski definition) is 2. The Morgan fingerprint density at radius 3 is 2.38 bits per heavy atom. The van der Waals surface area contributed by atoms with Crippen LogP contribution < -0.4 is 5.73 Å². The first-order chi connectivity index (χ1) is 6.13. The van der Waals surface area contributed by atoms with E-state index in [0.717, 1.165) is 12.8 Å². The van der Waals surface area contributed by atoms with Crippen LogP contribution in [0.4, 0.5) is 0 Å². The van der Waals surface area contributed by atoms with Crippen LogP contribution >= 0.6 is 0 Å². The molecule has 0 aromatic rings. The number of carboxylic acids is 1. The van der Waals surface area contributed by atoms with Crippen LogP contribution in [0, 0.1) is 11.8 Å². The fraction of sp³-hybridized carbons (Fsp3) is 0.900.